The van der Waals surface area contributed by atoms with Crippen molar-refractivity contribution in [2.24, 2.45) is 10.7 Å². The van der Waals surface area contributed by atoms with Gasteiger partial charge in [0.25, 0.3) is 0 Å². The van der Waals surface area contributed by atoms with Crippen LogP contribution in [-0.4, -0.2) is 30.8 Å². The lowest BCUT2D eigenvalue weighted by atomic mass is 9.93. The first-order chi connectivity index (χ1) is 12.4. The molecular weight excluding hydrogens is 347 g/mol. The third-order valence-electron chi connectivity index (χ3n) is 4.07. The average Bonchev–Trinajstić information content (AvgIpc) is 2.61. The second kappa shape index (κ2) is 7.35. The van der Waals surface area contributed by atoms with Crippen LogP contribution in [0.1, 0.15) is 11.1 Å². The summed E-state index contributed by atoms with van der Waals surface area (Å²) in [5, 5.41) is 12.6. The molecule has 2 aromatic carbocycles. The smallest absolute Gasteiger partial charge is 0.406 e. The number of hydrogen-bond donors (Lipinski definition) is 3. The summed E-state index contributed by atoms with van der Waals surface area (Å²) in [4.78, 5) is 4.44. The molecule has 0 unspecified atom stereocenters. The van der Waals surface area contributed by atoms with E-state index in [1.54, 1.807) is 18.3 Å². The molecule has 0 atom stereocenters. The molecule has 0 aliphatic carbocycles. The summed E-state index contributed by atoms with van der Waals surface area (Å²) in [6.07, 6.45) is -2.57. The van der Waals surface area contributed by atoms with Gasteiger partial charge in [-0.25, -0.2) is 0 Å². The average molecular weight is 365 g/mol. The van der Waals surface area contributed by atoms with Crippen LogP contribution in [0.15, 0.2) is 35.3 Å². The number of nitrogens with zero attached hydrogens (tertiary/aromatic N) is 1. The largest absolute Gasteiger partial charge is 0.573 e. The van der Waals surface area contributed by atoms with E-state index in [2.05, 4.69) is 15.0 Å². The number of halogens is 3. The summed E-state index contributed by atoms with van der Waals surface area (Å²) in [6.45, 7) is 0.772. The first-order valence-corrected chi connectivity index (χ1v) is 8.05. The lowest BCUT2D eigenvalue weighted by Crippen LogP contribution is -2.17. The van der Waals surface area contributed by atoms with Gasteiger partial charge in [-0.1, -0.05) is 12.1 Å². The highest BCUT2D eigenvalue weighted by molar-refractivity contribution is 5.93. The molecule has 0 saturated carbocycles. The van der Waals surface area contributed by atoms with Gasteiger partial charge in [0.2, 0.25) is 0 Å². The van der Waals surface area contributed by atoms with Crippen LogP contribution in [0.25, 0.3) is 11.1 Å². The summed E-state index contributed by atoms with van der Waals surface area (Å²) in [6, 6.07) is 7.54. The Labute approximate surface area is 148 Å². The molecule has 5 nitrogen and oxygen atoms in total. The van der Waals surface area contributed by atoms with Crippen molar-refractivity contribution in [3.05, 3.63) is 41.5 Å². The second-order valence-electron chi connectivity index (χ2n) is 5.73. The Morgan fingerprint density at radius 3 is 2.58 bits per heavy atom. The molecule has 0 fully saturated rings. The molecule has 8 heteroatoms. The zero-order valence-electron chi connectivity index (χ0n) is 13.8. The van der Waals surface area contributed by atoms with Gasteiger partial charge in [0.05, 0.1) is 17.9 Å². The van der Waals surface area contributed by atoms with E-state index in [0.717, 1.165) is 22.4 Å². The van der Waals surface area contributed by atoms with Crippen molar-refractivity contribution in [2.45, 2.75) is 19.3 Å². The lowest BCUT2D eigenvalue weighted by molar-refractivity contribution is -0.274. The normalized spacial score (nSPS) is 13.3. The van der Waals surface area contributed by atoms with Crippen molar-refractivity contribution in [1.29, 1.82) is 0 Å². The number of aliphatic imine (C=N–C) groups is 1. The number of aliphatic hydroxyl groups excluding tert-OH is 1. The highest BCUT2D eigenvalue weighted by Gasteiger charge is 2.31. The molecule has 0 amide bonds. The summed E-state index contributed by atoms with van der Waals surface area (Å²) >= 11 is 0. The molecule has 0 saturated heterocycles. The summed E-state index contributed by atoms with van der Waals surface area (Å²) in [5.74, 6) is -0.281. The maximum atomic E-state index is 12.3. The molecule has 0 radical (unpaired) electrons. The molecule has 1 aliphatic rings. The third-order valence-corrected chi connectivity index (χ3v) is 4.07. The predicted molar refractivity (Wildman–Crippen MR) is 93.9 cm³/mol. The quantitative estimate of drug-likeness (QED) is 0.759. The van der Waals surface area contributed by atoms with Gasteiger partial charge < -0.3 is 20.9 Å². The third kappa shape index (κ3) is 3.81. The van der Waals surface area contributed by atoms with Crippen molar-refractivity contribution in [3.8, 4) is 16.9 Å². The number of rotatable bonds is 5. The molecule has 2 aromatic rings. The van der Waals surface area contributed by atoms with Crippen LogP contribution < -0.4 is 15.8 Å². The molecule has 4 N–H and O–H groups in total. The number of anilines is 1. The topological polar surface area (TPSA) is 79.9 Å². The van der Waals surface area contributed by atoms with Crippen LogP contribution in [0.4, 0.5) is 24.5 Å². The zero-order valence-corrected chi connectivity index (χ0v) is 13.8. The van der Waals surface area contributed by atoms with E-state index in [1.807, 2.05) is 6.07 Å². The van der Waals surface area contributed by atoms with Gasteiger partial charge >= 0.3 is 6.36 Å². The van der Waals surface area contributed by atoms with E-state index in [0.29, 0.717) is 24.2 Å². The zero-order chi connectivity index (χ0) is 18.7. The van der Waals surface area contributed by atoms with Gasteiger partial charge in [0, 0.05) is 24.9 Å². The molecule has 0 aromatic heterocycles. The number of alkyl halides is 3. The van der Waals surface area contributed by atoms with Gasteiger partial charge in [-0.05, 0) is 41.3 Å². The first kappa shape index (κ1) is 18.2. The van der Waals surface area contributed by atoms with E-state index in [9.17, 15) is 18.3 Å². The fraction of sp³-hybridized carbons (Fsp3) is 0.278. The maximum absolute atomic E-state index is 12.3. The minimum Gasteiger partial charge on any atom is -0.406 e. The Morgan fingerprint density at radius 1 is 1.23 bits per heavy atom. The van der Waals surface area contributed by atoms with Gasteiger partial charge in [0.15, 0.2) is 0 Å². The molecule has 26 heavy (non-hydrogen) atoms. The molecule has 3 rings (SSSR count). The Kier molecular flexibility index (Phi) is 5.15. The van der Waals surface area contributed by atoms with E-state index in [-0.39, 0.29) is 18.9 Å². The standard InChI is InChI=1S/C18H18F3N3O2/c19-18(20,21)26-13-3-1-11(2-4-13)15-9-12(10-22)14(5-8-25)16-17(15)24-7-6-23-16/h1-4,6,9,24-25H,5,7-8,10,22H2. The van der Waals surface area contributed by atoms with Gasteiger partial charge in [-0.2, -0.15) is 0 Å². The maximum Gasteiger partial charge on any atom is 0.573 e. The van der Waals surface area contributed by atoms with Crippen LogP contribution in [-0.2, 0) is 13.0 Å². The molecule has 0 bridgehead atoms. The van der Waals surface area contributed by atoms with Crippen molar-refractivity contribution in [1.82, 2.24) is 0 Å². The fourth-order valence-electron chi connectivity index (χ4n) is 3.01. The Balaban J connectivity index is 2.06. The number of aliphatic hydroxyl groups is 1. The van der Waals surface area contributed by atoms with E-state index in [4.69, 9.17) is 5.73 Å². The van der Waals surface area contributed by atoms with E-state index < -0.39 is 6.36 Å². The number of nitrogens with one attached hydrogen (secondary N) is 1. The van der Waals surface area contributed by atoms with Crippen LogP contribution in [0, 0.1) is 0 Å². The van der Waals surface area contributed by atoms with Crippen LogP contribution in [0.2, 0.25) is 0 Å². The lowest BCUT2D eigenvalue weighted by Gasteiger charge is -2.22. The minimum absolute atomic E-state index is 0.0300. The number of fused-ring (bicyclic) bond motifs is 1. The monoisotopic (exact) mass is 365 g/mol. The van der Waals surface area contributed by atoms with Crippen LogP contribution >= 0.6 is 0 Å². The minimum atomic E-state index is -4.73. The van der Waals surface area contributed by atoms with Crippen molar-refractivity contribution < 1.29 is 23.0 Å². The van der Waals surface area contributed by atoms with Gasteiger partial charge in [0.1, 0.15) is 5.75 Å². The van der Waals surface area contributed by atoms with Crippen LogP contribution in [0.3, 0.4) is 0 Å². The SMILES string of the molecule is NCc1cc(-c2ccc(OC(F)(F)F)cc2)c2c(c1CCO)N=CCN2. The van der Waals surface area contributed by atoms with Crippen molar-refractivity contribution in [3.63, 3.8) is 0 Å². The molecular formula is C18H18F3N3O2. The summed E-state index contributed by atoms with van der Waals surface area (Å²) in [7, 11) is 0. The van der Waals surface area contributed by atoms with Crippen LogP contribution in [0.5, 0.6) is 5.75 Å². The predicted octanol–water partition coefficient (Wildman–Crippen LogP) is 3.37. The fourth-order valence-corrected chi connectivity index (χ4v) is 3.01. The Morgan fingerprint density at radius 2 is 1.96 bits per heavy atom. The Bertz CT molecular complexity index is 818. The van der Waals surface area contributed by atoms with Gasteiger partial charge in [-0.3, -0.25) is 4.99 Å². The van der Waals surface area contributed by atoms with E-state index >= 15 is 0 Å². The number of benzene rings is 2. The second-order valence-corrected chi connectivity index (χ2v) is 5.73. The highest BCUT2D eigenvalue weighted by atomic mass is 19.4. The van der Waals surface area contributed by atoms with E-state index in [1.165, 1.54) is 12.1 Å². The molecule has 0 spiro atoms. The Hall–Kier alpha value is -2.58. The van der Waals surface area contributed by atoms with Gasteiger partial charge in [-0.15, -0.1) is 13.2 Å². The molecule has 1 heterocycles. The van der Waals surface area contributed by atoms with Crippen molar-refractivity contribution >= 4 is 17.6 Å². The number of ether oxygens (including phenoxy) is 1. The highest BCUT2D eigenvalue weighted by Crippen LogP contribution is 2.42. The summed E-state index contributed by atoms with van der Waals surface area (Å²) < 4.78 is 40.9. The number of hydrogen-bond acceptors (Lipinski definition) is 5. The molecule has 1 aliphatic heterocycles. The van der Waals surface area contributed by atoms with Crippen molar-refractivity contribution in [2.75, 3.05) is 18.5 Å². The number of nitrogens with two attached hydrogens (primary N) is 1. The summed E-state index contributed by atoms with van der Waals surface area (Å²) in [5.41, 5.74) is 10.5. The first-order valence-electron chi connectivity index (χ1n) is 8.05. The molecule has 138 valence electrons.